The number of hydrogen-bond acceptors (Lipinski definition) is 3. The molecule has 3 rings (SSSR count). The monoisotopic (exact) mass is 338 g/mol. The van der Waals surface area contributed by atoms with Crippen molar-refractivity contribution in [2.24, 2.45) is 0 Å². The van der Waals surface area contributed by atoms with Crippen LogP contribution in [0.2, 0.25) is 0 Å². The van der Waals surface area contributed by atoms with Crippen molar-refractivity contribution in [1.82, 2.24) is 9.80 Å². The van der Waals surface area contributed by atoms with Gasteiger partial charge in [-0.05, 0) is 42.9 Å². The molecule has 0 atom stereocenters. The van der Waals surface area contributed by atoms with Gasteiger partial charge in [-0.3, -0.25) is 9.69 Å². The van der Waals surface area contributed by atoms with Crippen LogP contribution in [0.3, 0.4) is 0 Å². The lowest BCUT2D eigenvalue weighted by molar-refractivity contribution is 0.0733. The Labute approximate surface area is 150 Å². The summed E-state index contributed by atoms with van der Waals surface area (Å²) in [4.78, 5) is 17.0. The van der Waals surface area contributed by atoms with Crippen LogP contribution < -0.4 is 4.74 Å². The van der Waals surface area contributed by atoms with Crippen molar-refractivity contribution in [2.45, 2.75) is 26.9 Å². The van der Waals surface area contributed by atoms with E-state index in [2.05, 4.69) is 30.9 Å². The van der Waals surface area contributed by atoms with Gasteiger partial charge in [0.15, 0.2) is 0 Å². The first-order valence-electron chi connectivity index (χ1n) is 9.02. The normalized spacial score (nSPS) is 14.0. The average molecular weight is 338 g/mol. The number of carbonyl (C=O) groups excluding carboxylic acids is 1. The van der Waals surface area contributed by atoms with E-state index in [0.717, 1.165) is 36.5 Å². The standard InChI is InChI=1S/C21H26N2O2/c1-3-22(4-2)15-17-10-11-20-19(14-17)16-23(12-13-25-20)21(24)18-8-6-5-7-9-18/h5-11,14H,3-4,12-13,15-16H2,1-2H3. The summed E-state index contributed by atoms with van der Waals surface area (Å²) in [7, 11) is 0. The van der Waals surface area contributed by atoms with Crippen LogP contribution in [0, 0.1) is 0 Å². The number of carbonyl (C=O) groups is 1. The van der Waals surface area contributed by atoms with E-state index in [1.54, 1.807) is 0 Å². The Balaban J connectivity index is 1.80. The van der Waals surface area contributed by atoms with Gasteiger partial charge in [0.2, 0.25) is 0 Å². The lowest BCUT2D eigenvalue weighted by atomic mass is 10.1. The van der Waals surface area contributed by atoms with Gasteiger partial charge in [-0.2, -0.15) is 0 Å². The van der Waals surface area contributed by atoms with E-state index in [0.29, 0.717) is 19.7 Å². The third-order valence-electron chi connectivity index (χ3n) is 4.71. The van der Waals surface area contributed by atoms with Gasteiger partial charge in [0.1, 0.15) is 12.4 Å². The average Bonchev–Trinajstić information content (AvgIpc) is 2.88. The Hall–Kier alpha value is -2.33. The molecule has 132 valence electrons. The van der Waals surface area contributed by atoms with Gasteiger partial charge in [-0.1, -0.05) is 38.1 Å². The first kappa shape index (κ1) is 17.5. The van der Waals surface area contributed by atoms with Gasteiger partial charge in [0.05, 0.1) is 6.54 Å². The van der Waals surface area contributed by atoms with Crippen molar-refractivity contribution in [3.8, 4) is 5.75 Å². The predicted octanol–water partition coefficient (Wildman–Crippen LogP) is 3.56. The molecule has 0 bridgehead atoms. The number of hydrogen-bond donors (Lipinski definition) is 0. The SMILES string of the molecule is CCN(CC)Cc1ccc2c(c1)CN(C(=O)c1ccccc1)CCO2. The Bertz CT molecular complexity index is 711. The van der Waals surface area contributed by atoms with Gasteiger partial charge in [-0.15, -0.1) is 0 Å². The lowest BCUT2D eigenvalue weighted by Gasteiger charge is -2.21. The molecule has 0 aliphatic carbocycles. The van der Waals surface area contributed by atoms with Crippen molar-refractivity contribution < 1.29 is 9.53 Å². The quantitative estimate of drug-likeness (QED) is 0.836. The lowest BCUT2D eigenvalue weighted by Crippen LogP contribution is -2.32. The highest BCUT2D eigenvalue weighted by molar-refractivity contribution is 5.94. The zero-order valence-electron chi connectivity index (χ0n) is 15.1. The molecule has 25 heavy (non-hydrogen) atoms. The van der Waals surface area contributed by atoms with E-state index in [-0.39, 0.29) is 5.91 Å². The van der Waals surface area contributed by atoms with Gasteiger partial charge in [0.25, 0.3) is 5.91 Å². The molecule has 2 aromatic carbocycles. The molecular weight excluding hydrogens is 312 g/mol. The molecule has 0 saturated heterocycles. The number of rotatable bonds is 5. The predicted molar refractivity (Wildman–Crippen MR) is 99.7 cm³/mol. The molecule has 1 amide bonds. The maximum atomic E-state index is 12.8. The van der Waals surface area contributed by atoms with Crippen molar-refractivity contribution in [2.75, 3.05) is 26.2 Å². The van der Waals surface area contributed by atoms with Gasteiger partial charge in [0, 0.05) is 24.2 Å². The molecule has 0 spiro atoms. The van der Waals surface area contributed by atoms with Crippen molar-refractivity contribution >= 4 is 5.91 Å². The molecule has 2 aromatic rings. The minimum absolute atomic E-state index is 0.0613. The maximum absolute atomic E-state index is 12.8. The highest BCUT2D eigenvalue weighted by Crippen LogP contribution is 2.25. The van der Waals surface area contributed by atoms with Gasteiger partial charge < -0.3 is 9.64 Å². The van der Waals surface area contributed by atoms with Crippen LogP contribution in [0.1, 0.15) is 35.3 Å². The topological polar surface area (TPSA) is 32.8 Å². The number of amides is 1. The van der Waals surface area contributed by atoms with E-state index in [1.165, 1.54) is 5.56 Å². The Morgan fingerprint density at radius 3 is 2.60 bits per heavy atom. The van der Waals surface area contributed by atoms with Gasteiger partial charge in [-0.25, -0.2) is 0 Å². The van der Waals surface area contributed by atoms with Gasteiger partial charge >= 0.3 is 0 Å². The summed E-state index contributed by atoms with van der Waals surface area (Å²) >= 11 is 0. The van der Waals surface area contributed by atoms with Crippen LogP contribution in [0.5, 0.6) is 5.75 Å². The van der Waals surface area contributed by atoms with E-state index in [9.17, 15) is 4.79 Å². The number of nitrogens with zero attached hydrogens (tertiary/aromatic N) is 2. The van der Waals surface area contributed by atoms with E-state index < -0.39 is 0 Å². The number of benzene rings is 2. The Morgan fingerprint density at radius 1 is 1.12 bits per heavy atom. The molecule has 0 saturated carbocycles. The van der Waals surface area contributed by atoms with Crippen LogP contribution in [-0.4, -0.2) is 41.9 Å². The maximum Gasteiger partial charge on any atom is 0.254 e. The second-order valence-electron chi connectivity index (χ2n) is 6.34. The summed E-state index contributed by atoms with van der Waals surface area (Å²) in [6.45, 7) is 9.06. The summed E-state index contributed by atoms with van der Waals surface area (Å²) in [5, 5.41) is 0. The number of ether oxygens (including phenoxy) is 1. The van der Waals surface area contributed by atoms with Crippen molar-refractivity contribution in [3.05, 3.63) is 65.2 Å². The summed E-state index contributed by atoms with van der Waals surface area (Å²) in [6.07, 6.45) is 0. The van der Waals surface area contributed by atoms with Crippen LogP contribution in [-0.2, 0) is 13.1 Å². The fourth-order valence-electron chi connectivity index (χ4n) is 3.19. The van der Waals surface area contributed by atoms with Crippen molar-refractivity contribution in [1.29, 1.82) is 0 Å². The molecule has 4 nitrogen and oxygen atoms in total. The highest BCUT2D eigenvalue weighted by atomic mass is 16.5. The van der Waals surface area contributed by atoms with Crippen molar-refractivity contribution in [3.63, 3.8) is 0 Å². The minimum Gasteiger partial charge on any atom is -0.491 e. The second-order valence-corrected chi connectivity index (χ2v) is 6.34. The fraction of sp³-hybridized carbons (Fsp3) is 0.381. The molecule has 0 unspecified atom stereocenters. The first-order chi connectivity index (χ1) is 12.2. The Morgan fingerprint density at radius 2 is 1.88 bits per heavy atom. The second kappa shape index (κ2) is 8.17. The summed E-state index contributed by atoms with van der Waals surface area (Å²) < 4.78 is 5.87. The summed E-state index contributed by atoms with van der Waals surface area (Å²) in [6, 6.07) is 15.8. The van der Waals surface area contributed by atoms with E-state index in [1.807, 2.05) is 41.3 Å². The molecule has 0 N–H and O–H groups in total. The molecule has 0 fully saturated rings. The third kappa shape index (κ3) is 4.20. The molecule has 1 aliphatic heterocycles. The molecular formula is C21H26N2O2. The first-order valence-corrected chi connectivity index (χ1v) is 9.02. The van der Waals surface area contributed by atoms with Crippen LogP contribution in [0.25, 0.3) is 0 Å². The largest absolute Gasteiger partial charge is 0.491 e. The fourth-order valence-corrected chi connectivity index (χ4v) is 3.19. The Kier molecular flexibility index (Phi) is 5.71. The minimum atomic E-state index is 0.0613. The highest BCUT2D eigenvalue weighted by Gasteiger charge is 2.21. The third-order valence-corrected chi connectivity index (χ3v) is 4.71. The summed E-state index contributed by atoms with van der Waals surface area (Å²) in [5.74, 6) is 0.956. The molecule has 1 aliphatic rings. The molecule has 4 heteroatoms. The van der Waals surface area contributed by atoms with E-state index in [4.69, 9.17) is 4.74 Å². The zero-order valence-corrected chi connectivity index (χ0v) is 15.1. The van der Waals surface area contributed by atoms with E-state index >= 15 is 0 Å². The molecule has 0 aromatic heterocycles. The van der Waals surface area contributed by atoms with Crippen LogP contribution in [0.15, 0.2) is 48.5 Å². The molecule has 0 radical (unpaired) electrons. The van der Waals surface area contributed by atoms with Crippen LogP contribution >= 0.6 is 0 Å². The zero-order chi connectivity index (χ0) is 17.6. The van der Waals surface area contributed by atoms with Crippen LogP contribution in [0.4, 0.5) is 0 Å². The smallest absolute Gasteiger partial charge is 0.254 e. The molecule has 1 heterocycles. The number of fused-ring (bicyclic) bond motifs is 1. The summed E-state index contributed by atoms with van der Waals surface area (Å²) in [5.41, 5.74) is 3.08.